The Morgan fingerprint density at radius 2 is 1.77 bits per heavy atom. The molecule has 4 aromatic rings. The van der Waals surface area contributed by atoms with Crippen molar-refractivity contribution in [1.82, 2.24) is 10.2 Å². The van der Waals surface area contributed by atoms with E-state index < -0.39 is 17.7 Å². The second kappa shape index (κ2) is 8.83. The molecule has 1 amide bonds. The number of rotatable bonds is 7. The summed E-state index contributed by atoms with van der Waals surface area (Å²) < 4.78 is 38.6. The molecule has 0 aliphatic carbocycles. The quantitative estimate of drug-likeness (QED) is 0.447. The topological polar surface area (TPSA) is 76.2 Å². The summed E-state index contributed by atoms with van der Waals surface area (Å²) >= 11 is 0. The summed E-state index contributed by atoms with van der Waals surface area (Å²) in [7, 11) is 0. The summed E-state index contributed by atoms with van der Waals surface area (Å²) in [6.45, 7) is 1.39. The summed E-state index contributed by atoms with van der Waals surface area (Å²) in [5.41, 5.74) is 0.450. The summed E-state index contributed by atoms with van der Waals surface area (Å²) in [6, 6.07) is 17.7. The number of carbonyl (C=O) groups is 1. The van der Waals surface area contributed by atoms with E-state index in [-0.39, 0.29) is 18.1 Å². The number of nitrogens with one attached hydrogen (secondary N) is 2. The second-order valence-electron chi connectivity index (χ2n) is 6.83. The highest BCUT2D eigenvalue weighted by Crippen LogP contribution is 2.26. The van der Waals surface area contributed by atoms with Crippen LogP contribution in [0.5, 0.6) is 11.5 Å². The molecule has 8 heteroatoms. The molecule has 0 aliphatic rings. The number of hydrogen-bond acceptors (Lipinski definition) is 4. The van der Waals surface area contributed by atoms with Crippen molar-refractivity contribution in [2.75, 3.05) is 5.32 Å². The number of carbonyl (C=O) groups excluding carboxylic acids is 1. The maximum absolute atomic E-state index is 13.7. The maximum Gasteiger partial charge on any atom is 0.266 e. The van der Waals surface area contributed by atoms with Crippen molar-refractivity contribution in [2.45, 2.75) is 19.6 Å². The van der Waals surface area contributed by atoms with Crippen LogP contribution in [0.3, 0.4) is 0 Å². The Morgan fingerprint density at radius 3 is 2.52 bits per heavy atom. The first-order valence-electron chi connectivity index (χ1n) is 9.57. The molecule has 1 atom stereocenters. The van der Waals surface area contributed by atoms with Crippen LogP contribution < -0.4 is 14.8 Å². The Hall–Kier alpha value is -3.94. The zero-order chi connectivity index (χ0) is 21.8. The maximum atomic E-state index is 13.7. The van der Waals surface area contributed by atoms with E-state index in [1.165, 1.54) is 18.2 Å². The van der Waals surface area contributed by atoms with E-state index in [4.69, 9.17) is 9.47 Å². The molecule has 3 aromatic carbocycles. The molecule has 158 valence electrons. The lowest BCUT2D eigenvalue weighted by Crippen LogP contribution is -2.30. The van der Waals surface area contributed by atoms with E-state index in [0.717, 1.165) is 0 Å². The van der Waals surface area contributed by atoms with Crippen LogP contribution in [0, 0.1) is 11.6 Å². The van der Waals surface area contributed by atoms with Crippen LogP contribution in [0.25, 0.3) is 10.9 Å². The number of aromatic amines is 1. The zero-order valence-electron chi connectivity index (χ0n) is 16.6. The van der Waals surface area contributed by atoms with Gasteiger partial charge < -0.3 is 14.8 Å². The molecule has 1 heterocycles. The van der Waals surface area contributed by atoms with Crippen LogP contribution in [0.1, 0.15) is 12.5 Å². The van der Waals surface area contributed by atoms with Gasteiger partial charge in [0.15, 0.2) is 11.9 Å². The molecule has 0 radical (unpaired) electrons. The number of H-pyrrole nitrogens is 1. The van der Waals surface area contributed by atoms with Crippen molar-refractivity contribution in [3.8, 4) is 11.5 Å². The predicted octanol–water partition coefficient (Wildman–Crippen LogP) is 4.83. The van der Waals surface area contributed by atoms with Gasteiger partial charge in [0, 0.05) is 11.5 Å². The van der Waals surface area contributed by atoms with Crippen molar-refractivity contribution in [3.63, 3.8) is 0 Å². The number of hydrogen-bond donors (Lipinski definition) is 2. The highest BCUT2D eigenvalue weighted by Gasteiger charge is 2.18. The summed E-state index contributed by atoms with van der Waals surface area (Å²) in [5.74, 6) is -0.357. The van der Waals surface area contributed by atoms with Crippen LogP contribution in [0.2, 0.25) is 0 Å². The Labute approximate surface area is 176 Å². The minimum absolute atomic E-state index is 0.146. The fourth-order valence-electron chi connectivity index (χ4n) is 2.98. The number of ether oxygens (including phenoxy) is 2. The minimum atomic E-state index is -0.729. The van der Waals surface area contributed by atoms with Crippen LogP contribution in [0.15, 0.2) is 66.7 Å². The molecule has 0 saturated heterocycles. The van der Waals surface area contributed by atoms with Crippen molar-refractivity contribution in [2.24, 2.45) is 0 Å². The minimum Gasteiger partial charge on any atom is -0.489 e. The molecule has 4 rings (SSSR count). The second-order valence-corrected chi connectivity index (χ2v) is 6.83. The molecule has 0 fully saturated rings. The number of nitrogens with zero attached hydrogens (tertiary/aromatic N) is 1. The van der Waals surface area contributed by atoms with Crippen molar-refractivity contribution in [1.29, 1.82) is 0 Å². The molecule has 31 heavy (non-hydrogen) atoms. The van der Waals surface area contributed by atoms with Gasteiger partial charge in [0.2, 0.25) is 0 Å². The van der Waals surface area contributed by atoms with Gasteiger partial charge >= 0.3 is 0 Å². The molecule has 0 aliphatic heterocycles. The van der Waals surface area contributed by atoms with E-state index in [0.29, 0.717) is 28.2 Å². The number of benzene rings is 3. The first-order chi connectivity index (χ1) is 15.0. The predicted molar refractivity (Wildman–Crippen MR) is 112 cm³/mol. The molecular weight excluding hydrogens is 404 g/mol. The van der Waals surface area contributed by atoms with Crippen molar-refractivity contribution < 1.29 is 23.0 Å². The third-order valence-corrected chi connectivity index (χ3v) is 4.65. The lowest BCUT2D eigenvalue weighted by atomic mass is 10.2. The van der Waals surface area contributed by atoms with Gasteiger partial charge in [-0.1, -0.05) is 24.3 Å². The normalized spacial score (nSPS) is 11.8. The average Bonchev–Trinajstić information content (AvgIpc) is 3.16. The highest BCUT2D eigenvalue weighted by molar-refractivity contribution is 6.01. The monoisotopic (exact) mass is 423 g/mol. The Morgan fingerprint density at radius 1 is 1.03 bits per heavy atom. The summed E-state index contributed by atoms with van der Waals surface area (Å²) in [5, 5.41) is 10.3. The number of para-hydroxylation sites is 1. The van der Waals surface area contributed by atoms with Crippen LogP contribution in [-0.4, -0.2) is 22.2 Å². The van der Waals surface area contributed by atoms with Gasteiger partial charge in [0.05, 0.1) is 11.1 Å². The lowest BCUT2D eigenvalue weighted by molar-refractivity contribution is -0.122. The third kappa shape index (κ3) is 4.63. The smallest absolute Gasteiger partial charge is 0.266 e. The fraction of sp³-hybridized carbons (Fsp3) is 0.130. The summed E-state index contributed by atoms with van der Waals surface area (Å²) in [6.07, 6.45) is -0.729. The van der Waals surface area contributed by atoms with E-state index in [1.807, 2.05) is 18.2 Å². The number of fused-ring (bicyclic) bond motifs is 1. The number of amides is 1. The molecule has 0 spiro atoms. The van der Waals surface area contributed by atoms with Gasteiger partial charge in [-0.25, -0.2) is 8.78 Å². The molecule has 1 aromatic heterocycles. The summed E-state index contributed by atoms with van der Waals surface area (Å²) in [4.78, 5) is 12.5. The number of halogens is 2. The van der Waals surface area contributed by atoms with Gasteiger partial charge in [0.25, 0.3) is 5.91 Å². The SMILES string of the molecule is CC(Oc1ccccc1)C(=O)Nc1n[nH]c2cc(OCc3c(F)cccc3F)ccc12. The van der Waals surface area contributed by atoms with E-state index in [2.05, 4.69) is 15.5 Å². The average molecular weight is 423 g/mol. The van der Waals surface area contributed by atoms with Crippen molar-refractivity contribution in [3.05, 3.63) is 83.9 Å². The van der Waals surface area contributed by atoms with Gasteiger partial charge in [-0.15, -0.1) is 0 Å². The molecule has 1 unspecified atom stereocenters. The Kier molecular flexibility index (Phi) is 5.79. The molecule has 0 saturated carbocycles. The first-order valence-corrected chi connectivity index (χ1v) is 9.57. The largest absolute Gasteiger partial charge is 0.489 e. The van der Waals surface area contributed by atoms with Crippen LogP contribution in [0.4, 0.5) is 14.6 Å². The number of anilines is 1. The third-order valence-electron chi connectivity index (χ3n) is 4.65. The molecule has 2 N–H and O–H groups in total. The Bertz CT molecular complexity index is 1190. The Balaban J connectivity index is 1.43. The first kappa shape index (κ1) is 20.3. The molecule has 0 bridgehead atoms. The fourth-order valence-corrected chi connectivity index (χ4v) is 2.98. The van der Waals surface area contributed by atoms with Gasteiger partial charge in [-0.2, -0.15) is 5.10 Å². The lowest BCUT2D eigenvalue weighted by Gasteiger charge is -2.13. The van der Waals surface area contributed by atoms with Crippen LogP contribution in [-0.2, 0) is 11.4 Å². The standard InChI is InChI=1S/C23H19F2N3O3/c1-14(31-15-6-3-2-4-7-15)23(29)26-22-17-11-10-16(12-21(17)27-28-22)30-13-18-19(24)8-5-9-20(18)25/h2-12,14H,13H2,1H3,(H2,26,27,28,29). The highest BCUT2D eigenvalue weighted by atomic mass is 19.1. The van der Waals surface area contributed by atoms with E-state index in [1.54, 1.807) is 37.3 Å². The van der Waals surface area contributed by atoms with E-state index >= 15 is 0 Å². The van der Waals surface area contributed by atoms with Crippen molar-refractivity contribution >= 4 is 22.6 Å². The molecule has 6 nitrogen and oxygen atoms in total. The van der Waals surface area contributed by atoms with E-state index in [9.17, 15) is 13.6 Å². The van der Waals surface area contributed by atoms with Gasteiger partial charge in [-0.05, 0) is 43.3 Å². The number of aromatic nitrogens is 2. The van der Waals surface area contributed by atoms with Gasteiger partial charge in [0.1, 0.15) is 29.7 Å². The zero-order valence-corrected chi connectivity index (χ0v) is 16.6. The van der Waals surface area contributed by atoms with Crippen LogP contribution >= 0.6 is 0 Å². The van der Waals surface area contributed by atoms with Gasteiger partial charge in [-0.3, -0.25) is 9.89 Å². The molecular formula is C23H19F2N3O3.